The largest absolute Gasteiger partial charge is 0.507 e. The molecule has 0 saturated carbocycles. The van der Waals surface area contributed by atoms with Gasteiger partial charge in [0.05, 0.1) is 6.04 Å². The summed E-state index contributed by atoms with van der Waals surface area (Å²) in [6.07, 6.45) is -0.0635. The van der Waals surface area contributed by atoms with Gasteiger partial charge in [0.2, 0.25) is 23.5 Å². The van der Waals surface area contributed by atoms with E-state index in [1.54, 1.807) is 31.3 Å². The first kappa shape index (κ1) is 28.1. The van der Waals surface area contributed by atoms with Gasteiger partial charge in [0.25, 0.3) is 5.91 Å². The van der Waals surface area contributed by atoms with Gasteiger partial charge in [-0.25, -0.2) is 0 Å². The normalized spacial score (nSPS) is 20.3. The van der Waals surface area contributed by atoms with E-state index in [0.717, 1.165) is 0 Å². The minimum atomic E-state index is -1.21. The Morgan fingerprint density at radius 3 is 2.21 bits per heavy atom. The van der Waals surface area contributed by atoms with Gasteiger partial charge in [-0.15, -0.1) is 0 Å². The van der Waals surface area contributed by atoms with Crippen molar-refractivity contribution in [2.45, 2.75) is 44.4 Å². The highest BCUT2D eigenvalue weighted by Gasteiger charge is 2.30. The lowest BCUT2D eigenvalue weighted by molar-refractivity contribution is -0.140. The van der Waals surface area contributed by atoms with Crippen LogP contribution < -0.4 is 26.6 Å². The molecular weight excluding hydrogens is 494 g/mol. The zero-order valence-electron chi connectivity index (χ0n) is 21.4. The summed E-state index contributed by atoms with van der Waals surface area (Å²) in [7, 11) is 2.85. The topological polar surface area (TPSA) is 186 Å². The number of Topliss-reactive ketones (excluding diaryl/α,β-unsaturated/α-hetero) is 1. The average molecular weight is 526 g/mol. The highest BCUT2D eigenvalue weighted by molar-refractivity contribution is 6.38. The summed E-state index contributed by atoms with van der Waals surface area (Å²) < 4.78 is 0. The van der Waals surface area contributed by atoms with Gasteiger partial charge in [-0.2, -0.15) is 0 Å². The number of amides is 4. The number of ketones is 1. The van der Waals surface area contributed by atoms with E-state index in [4.69, 9.17) is 0 Å². The number of phenolic OH excluding ortho intramolecular Hbond substituents is 2. The van der Waals surface area contributed by atoms with Crippen molar-refractivity contribution in [3.8, 4) is 22.6 Å². The van der Waals surface area contributed by atoms with E-state index in [1.807, 2.05) is 0 Å². The van der Waals surface area contributed by atoms with Crippen LogP contribution in [0.15, 0.2) is 36.4 Å². The Bertz CT molecular complexity index is 1280. The number of fused-ring (bicyclic) bond motifs is 5. The number of carbonyl (C=O) groups is 5. The monoisotopic (exact) mass is 525 g/mol. The molecule has 0 spiro atoms. The van der Waals surface area contributed by atoms with Gasteiger partial charge in [-0.1, -0.05) is 12.1 Å². The summed E-state index contributed by atoms with van der Waals surface area (Å²) in [5.41, 5.74) is 1.51. The molecule has 202 valence electrons. The van der Waals surface area contributed by atoms with E-state index >= 15 is 0 Å². The molecule has 1 aliphatic heterocycles. The molecular formula is C26H31N5O7. The van der Waals surface area contributed by atoms with Gasteiger partial charge >= 0.3 is 0 Å². The molecule has 0 aromatic heterocycles. The maximum absolute atomic E-state index is 13.1. The molecule has 12 heteroatoms. The van der Waals surface area contributed by atoms with Crippen LogP contribution in [-0.2, 0) is 30.4 Å². The zero-order chi connectivity index (χ0) is 28.1. The van der Waals surface area contributed by atoms with Crippen LogP contribution >= 0.6 is 0 Å². The molecule has 2 aromatic carbocycles. The third kappa shape index (κ3) is 6.09. The van der Waals surface area contributed by atoms with E-state index in [0.29, 0.717) is 11.1 Å². The Kier molecular flexibility index (Phi) is 8.68. The maximum atomic E-state index is 13.1. The van der Waals surface area contributed by atoms with E-state index in [2.05, 4.69) is 26.6 Å². The van der Waals surface area contributed by atoms with Crippen LogP contribution in [-0.4, -0.2) is 71.8 Å². The molecule has 4 amide bonds. The molecule has 1 heterocycles. The standard InChI is InChI=1S/C26H31N5O7/c1-12(22(34)26(38)28-4)29-24(36)18-10-14-5-7-19(32)16(9-14)17-11-15(6-8-20(17)33)21(27-3)25(37)30-13(2)23(35)31-18/h5-9,11-13,18,21,27,32-33H,10H2,1-4H3,(H,28,38)(H,29,36)(H,30,37)(H,31,35)/t12?,13-,18-,21-/m0/s1. The Labute approximate surface area is 219 Å². The molecule has 0 radical (unpaired) electrons. The van der Waals surface area contributed by atoms with Crippen molar-refractivity contribution in [1.82, 2.24) is 26.6 Å². The van der Waals surface area contributed by atoms with Crippen molar-refractivity contribution in [1.29, 1.82) is 0 Å². The van der Waals surface area contributed by atoms with Gasteiger partial charge in [0, 0.05) is 24.6 Å². The molecule has 0 fully saturated rings. The van der Waals surface area contributed by atoms with Crippen LogP contribution in [0.5, 0.6) is 11.5 Å². The number of likely N-dealkylation sites (N-methyl/N-ethyl adjacent to an activating group) is 2. The number of benzene rings is 2. The summed E-state index contributed by atoms with van der Waals surface area (Å²) in [6.45, 7) is 2.80. The van der Waals surface area contributed by atoms with Crippen molar-refractivity contribution in [2.24, 2.45) is 0 Å². The number of aromatic hydroxyl groups is 2. The van der Waals surface area contributed by atoms with Crippen LogP contribution in [0.25, 0.3) is 11.1 Å². The van der Waals surface area contributed by atoms with Gasteiger partial charge < -0.3 is 36.8 Å². The fraction of sp³-hybridized carbons (Fsp3) is 0.346. The predicted molar refractivity (Wildman–Crippen MR) is 137 cm³/mol. The lowest BCUT2D eigenvalue weighted by Gasteiger charge is -2.25. The number of nitrogens with one attached hydrogen (secondary N) is 5. The number of hydrogen-bond acceptors (Lipinski definition) is 8. The third-order valence-electron chi connectivity index (χ3n) is 6.28. The van der Waals surface area contributed by atoms with E-state index < -0.39 is 53.6 Å². The van der Waals surface area contributed by atoms with E-state index in [1.165, 1.54) is 33.0 Å². The van der Waals surface area contributed by atoms with Crippen molar-refractivity contribution < 1.29 is 34.2 Å². The summed E-state index contributed by atoms with van der Waals surface area (Å²) in [5.74, 6) is -3.96. The van der Waals surface area contributed by atoms with E-state index in [9.17, 15) is 34.2 Å². The van der Waals surface area contributed by atoms with Gasteiger partial charge in [-0.3, -0.25) is 24.0 Å². The van der Waals surface area contributed by atoms with Crippen LogP contribution in [0, 0.1) is 0 Å². The Morgan fingerprint density at radius 2 is 1.58 bits per heavy atom. The second kappa shape index (κ2) is 11.7. The SMILES string of the molecule is CNC(=O)C(=O)C(C)NC(=O)[C@@H]1Cc2ccc(O)c(c2)-c2cc(ccc2O)[C@H](NC)C(=O)N[C@@H](C)C(=O)N1. The van der Waals surface area contributed by atoms with Crippen LogP contribution in [0.4, 0.5) is 0 Å². The minimum absolute atomic E-state index is 0.0635. The van der Waals surface area contributed by atoms with Crippen molar-refractivity contribution >= 4 is 29.4 Å². The zero-order valence-corrected chi connectivity index (χ0v) is 21.4. The first-order valence-corrected chi connectivity index (χ1v) is 12.0. The van der Waals surface area contributed by atoms with Crippen LogP contribution in [0.1, 0.15) is 31.0 Å². The second-order valence-electron chi connectivity index (χ2n) is 9.02. The smallest absolute Gasteiger partial charge is 0.289 e. The summed E-state index contributed by atoms with van der Waals surface area (Å²) >= 11 is 0. The molecule has 3 rings (SSSR count). The van der Waals surface area contributed by atoms with Crippen LogP contribution in [0.2, 0.25) is 0 Å². The number of carbonyl (C=O) groups excluding carboxylic acids is 5. The molecule has 1 aliphatic rings. The first-order chi connectivity index (χ1) is 18.0. The molecule has 1 unspecified atom stereocenters. The second-order valence-corrected chi connectivity index (χ2v) is 9.02. The summed E-state index contributed by atoms with van der Waals surface area (Å²) in [6, 6.07) is 4.71. The Morgan fingerprint density at radius 1 is 0.947 bits per heavy atom. The van der Waals surface area contributed by atoms with Gasteiger partial charge in [0.1, 0.15) is 29.6 Å². The molecule has 2 aromatic rings. The third-order valence-corrected chi connectivity index (χ3v) is 6.28. The average Bonchev–Trinajstić information content (AvgIpc) is 2.89. The Balaban J connectivity index is 2.07. The highest BCUT2D eigenvalue weighted by Crippen LogP contribution is 2.38. The van der Waals surface area contributed by atoms with Crippen LogP contribution in [0.3, 0.4) is 0 Å². The highest BCUT2D eigenvalue weighted by atomic mass is 16.3. The maximum Gasteiger partial charge on any atom is 0.289 e. The summed E-state index contributed by atoms with van der Waals surface area (Å²) in [5, 5.41) is 33.8. The molecule has 4 atom stereocenters. The lowest BCUT2D eigenvalue weighted by atomic mass is 9.94. The first-order valence-electron chi connectivity index (χ1n) is 12.0. The summed E-state index contributed by atoms with van der Waals surface area (Å²) in [4.78, 5) is 63.0. The quantitative estimate of drug-likeness (QED) is 0.252. The lowest BCUT2D eigenvalue weighted by Crippen LogP contribution is -2.56. The van der Waals surface area contributed by atoms with Gasteiger partial charge in [0.15, 0.2) is 0 Å². The van der Waals surface area contributed by atoms with Gasteiger partial charge in [-0.05, 0) is 56.3 Å². The Hall–Kier alpha value is -4.45. The number of hydrogen-bond donors (Lipinski definition) is 7. The molecule has 38 heavy (non-hydrogen) atoms. The predicted octanol–water partition coefficient (Wildman–Crippen LogP) is -0.609. The molecule has 4 bridgehead atoms. The number of rotatable bonds is 5. The fourth-order valence-corrected chi connectivity index (χ4v) is 4.13. The van der Waals surface area contributed by atoms with Crippen molar-refractivity contribution in [3.63, 3.8) is 0 Å². The fourth-order valence-electron chi connectivity index (χ4n) is 4.13. The molecule has 7 N–H and O–H groups in total. The van der Waals surface area contributed by atoms with Crippen molar-refractivity contribution in [3.05, 3.63) is 47.5 Å². The molecule has 0 saturated heterocycles. The molecule has 12 nitrogen and oxygen atoms in total. The molecule has 0 aliphatic carbocycles. The number of phenols is 2. The minimum Gasteiger partial charge on any atom is -0.507 e. The van der Waals surface area contributed by atoms with E-state index in [-0.39, 0.29) is 29.0 Å². The van der Waals surface area contributed by atoms with Crippen molar-refractivity contribution in [2.75, 3.05) is 14.1 Å².